The maximum atomic E-state index is 12.0. The third kappa shape index (κ3) is 3.08. The van der Waals surface area contributed by atoms with Crippen molar-refractivity contribution in [2.24, 2.45) is 0 Å². The van der Waals surface area contributed by atoms with Gasteiger partial charge < -0.3 is 5.32 Å². The fraction of sp³-hybridized carbons (Fsp3) is 0.286. The van der Waals surface area contributed by atoms with Gasteiger partial charge in [-0.2, -0.15) is 13.2 Å². The standard InChI is InChI=1S/C7H7F3N4O/c1-2-5(15)11-3-4-12-6(14-13-4)7(8,9)10/h2H,1,3H2,(H,11,15)(H,12,13,14). The second kappa shape index (κ2) is 4.11. The van der Waals surface area contributed by atoms with E-state index in [1.165, 1.54) is 0 Å². The number of H-pyrrole nitrogens is 1. The minimum absolute atomic E-state index is 0.0717. The van der Waals surface area contributed by atoms with Gasteiger partial charge in [0.1, 0.15) is 5.82 Å². The van der Waals surface area contributed by atoms with E-state index in [4.69, 9.17) is 0 Å². The highest BCUT2D eigenvalue weighted by Gasteiger charge is 2.35. The van der Waals surface area contributed by atoms with E-state index < -0.39 is 17.9 Å². The fourth-order valence-electron chi connectivity index (χ4n) is 0.744. The minimum Gasteiger partial charge on any atom is -0.345 e. The van der Waals surface area contributed by atoms with E-state index in [9.17, 15) is 18.0 Å². The Hall–Kier alpha value is -1.86. The van der Waals surface area contributed by atoms with Crippen LogP contribution in [0.2, 0.25) is 0 Å². The Morgan fingerprint density at radius 2 is 2.27 bits per heavy atom. The molecule has 0 spiro atoms. The van der Waals surface area contributed by atoms with Gasteiger partial charge in [-0.3, -0.25) is 9.89 Å². The zero-order valence-corrected chi connectivity index (χ0v) is 7.43. The fourth-order valence-corrected chi connectivity index (χ4v) is 0.744. The van der Waals surface area contributed by atoms with E-state index in [0.29, 0.717) is 0 Å². The number of amides is 1. The van der Waals surface area contributed by atoms with Gasteiger partial charge in [-0.15, -0.1) is 5.10 Å². The molecule has 82 valence electrons. The molecule has 0 radical (unpaired) electrons. The van der Waals surface area contributed by atoms with Crippen molar-refractivity contribution in [1.29, 1.82) is 0 Å². The first-order chi connectivity index (χ1) is 6.93. The van der Waals surface area contributed by atoms with Gasteiger partial charge in [0, 0.05) is 0 Å². The highest BCUT2D eigenvalue weighted by Crippen LogP contribution is 2.25. The number of hydrogen-bond donors (Lipinski definition) is 2. The molecule has 8 heteroatoms. The van der Waals surface area contributed by atoms with E-state index in [-0.39, 0.29) is 12.4 Å². The average Bonchev–Trinajstić information content (AvgIpc) is 2.61. The van der Waals surface area contributed by atoms with E-state index in [2.05, 4.69) is 27.1 Å². The summed E-state index contributed by atoms with van der Waals surface area (Å²) in [5.41, 5.74) is 0. The van der Waals surface area contributed by atoms with Gasteiger partial charge in [-0.1, -0.05) is 6.58 Å². The molecule has 1 amide bonds. The SMILES string of the molecule is C=CC(=O)NCc1nc(C(F)(F)F)n[nH]1. The largest absolute Gasteiger partial charge is 0.453 e. The summed E-state index contributed by atoms with van der Waals surface area (Å²) in [6, 6.07) is 0. The summed E-state index contributed by atoms with van der Waals surface area (Å²) in [6.07, 6.45) is -3.59. The number of aromatic amines is 1. The van der Waals surface area contributed by atoms with Crippen molar-refractivity contribution < 1.29 is 18.0 Å². The maximum Gasteiger partial charge on any atom is 0.453 e. The number of aromatic nitrogens is 3. The summed E-state index contributed by atoms with van der Waals surface area (Å²) in [5.74, 6) is -1.83. The van der Waals surface area contributed by atoms with Crippen LogP contribution in [0.4, 0.5) is 13.2 Å². The zero-order valence-electron chi connectivity index (χ0n) is 7.43. The lowest BCUT2D eigenvalue weighted by atomic mass is 10.5. The molecule has 0 aromatic carbocycles. The van der Waals surface area contributed by atoms with Gasteiger partial charge in [0.15, 0.2) is 0 Å². The van der Waals surface area contributed by atoms with Crippen molar-refractivity contribution in [3.8, 4) is 0 Å². The monoisotopic (exact) mass is 220 g/mol. The normalized spacial score (nSPS) is 11.1. The van der Waals surface area contributed by atoms with E-state index in [0.717, 1.165) is 6.08 Å². The maximum absolute atomic E-state index is 12.0. The van der Waals surface area contributed by atoms with Crippen LogP contribution in [0.1, 0.15) is 11.6 Å². The summed E-state index contributed by atoms with van der Waals surface area (Å²) in [5, 5.41) is 7.27. The predicted molar refractivity (Wildman–Crippen MR) is 43.4 cm³/mol. The second-order valence-electron chi connectivity index (χ2n) is 2.53. The number of hydrogen-bond acceptors (Lipinski definition) is 3. The molecule has 1 heterocycles. The van der Waals surface area contributed by atoms with Gasteiger partial charge in [-0.05, 0) is 6.08 Å². The molecule has 2 N–H and O–H groups in total. The van der Waals surface area contributed by atoms with E-state index in [1.54, 1.807) is 0 Å². The Labute approximate surface area is 82.4 Å². The smallest absolute Gasteiger partial charge is 0.345 e. The first-order valence-corrected chi connectivity index (χ1v) is 3.82. The molecule has 0 aliphatic heterocycles. The van der Waals surface area contributed by atoms with E-state index in [1.807, 2.05) is 0 Å². The predicted octanol–water partition coefficient (Wildman–Crippen LogP) is 0.626. The lowest BCUT2D eigenvalue weighted by Crippen LogP contribution is -2.20. The van der Waals surface area contributed by atoms with Gasteiger partial charge in [-0.25, -0.2) is 4.98 Å². The quantitative estimate of drug-likeness (QED) is 0.734. The molecule has 0 unspecified atom stereocenters. The van der Waals surface area contributed by atoms with Crippen LogP contribution in [-0.4, -0.2) is 21.1 Å². The highest BCUT2D eigenvalue weighted by molar-refractivity contribution is 5.86. The summed E-state index contributed by atoms with van der Waals surface area (Å²) >= 11 is 0. The molecule has 0 atom stereocenters. The Balaban J connectivity index is 2.61. The molecule has 1 rings (SSSR count). The third-order valence-corrected chi connectivity index (χ3v) is 1.40. The zero-order chi connectivity index (χ0) is 11.5. The Morgan fingerprint density at radius 3 is 2.73 bits per heavy atom. The van der Waals surface area contributed by atoms with Crippen molar-refractivity contribution in [3.63, 3.8) is 0 Å². The Morgan fingerprint density at radius 1 is 1.60 bits per heavy atom. The number of carbonyl (C=O) groups excluding carboxylic acids is 1. The average molecular weight is 220 g/mol. The molecule has 0 aliphatic carbocycles. The van der Waals surface area contributed by atoms with Crippen molar-refractivity contribution >= 4 is 5.91 Å². The summed E-state index contributed by atoms with van der Waals surface area (Å²) in [7, 11) is 0. The van der Waals surface area contributed by atoms with Crippen molar-refractivity contribution in [2.45, 2.75) is 12.7 Å². The van der Waals surface area contributed by atoms with Crippen molar-refractivity contribution in [2.75, 3.05) is 0 Å². The molecular weight excluding hydrogens is 213 g/mol. The van der Waals surface area contributed by atoms with Gasteiger partial charge >= 0.3 is 6.18 Å². The first-order valence-electron chi connectivity index (χ1n) is 3.82. The second-order valence-corrected chi connectivity index (χ2v) is 2.53. The molecular formula is C7H7F3N4O. The van der Waals surface area contributed by atoms with Crippen LogP contribution < -0.4 is 5.32 Å². The van der Waals surface area contributed by atoms with E-state index >= 15 is 0 Å². The van der Waals surface area contributed by atoms with Crippen LogP contribution in [-0.2, 0) is 17.5 Å². The highest BCUT2D eigenvalue weighted by atomic mass is 19.4. The topological polar surface area (TPSA) is 70.7 Å². The van der Waals surface area contributed by atoms with Gasteiger partial charge in [0.05, 0.1) is 6.54 Å². The Bertz CT molecular complexity index is 371. The molecule has 0 saturated heterocycles. The van der Waals surface area contributed by atoms with Crippen LogP contribution in [0.3, 0.4) is 0 Å². The molecule has 0 fully saturated rings. The number of rotatable bonds is 3. The number of nitrogens with zero attached hydrogens (tertiary/aromatic N) is 2. The molecule has 15 heavy (non-hydrogen) atoms. The van der Waals surface area contributed by atoms with Gasteiger partial charge in [0.25, 0.3) is 5.82 Å². The van der Waals surface area contributed by atoms with Crippen molar-refractivity contribution in [3.05, 3.63) is 24.3 Å². The van der Waals surface area contributed by atoms with Gasteiger partial charge in [0.2, 0.25) is 5.91 Å². The number of nitrogens with one attached hydrogen (secondary N) is 2. The lowest BCUT2D eigenvalue weighted by Gasteiger charge is -1.98. The third-order valence-electron chi connectivity index (χ3n) is 1.40. The summed E-state index contributed by atoms with van der Waals surface area (Å²) in [4.78, 5) is 13.8. The lowest BCUT2D eigenvalue weighted by molar-refractivity contribution is -0.144. The first kappa shape index (κ1) is 11.2. The summed E-state index contributed by atoms with van der Waals surface area (Å²) in [6.45, 7) is 3.02. The molecule has 5 nitrogen and oxygen atoms in total. The molecule has 1 aromatic rings. The van der Waals surface area contributed by atoms with Crippen LogP contribution in [0.25, 0.3) is 0 Å². The molecule has 1 aromatic heterocycles. The number of halogens is 3. The van der Waals surface area contributed by atoms with Crippen molar-refractivity contribution in [1.82, 2.24) is 20.5 Å². The van der Waals surface area contributed by atoms with Crippen LogP contribution in [0.15, 0.2) is 12.7 Å². The summed E-state index contributed by atoms with van der Waals surface area (Å²) < 4.78 is 36.1. The molecule has 0 bridgehead atoms. The molecule has 0 aliphatic rings. The minimum atomic E-state index is -4.59. The Kier molecular flexibility index (Phi) is 3.08. The molecule has 0 saturated carbocycles. The number of carbonyl (C=O) groups is 1. The van der Waals surface area contributed by atoms with Crippen LogP contribution >= 0.6 is 0 Å². The van der Waals surface area contributed by atoms with Crippen LogP contribution in [0.5, 0.6) is 0 Å². The van der Waals surface area contributed by atoms with Crippen LogP contribution in [0, 0.1) is 0 Å². The number of alkyl halides is 3.